The third kappa shape index (κ3) is 3.61. The Labute approximate surface area is 126 Å². The fraction of sp³-hybridized carbons (Fsp3) is 0.714. The van der Waals surface area contributed by atoms with Gasteiger partial charge in [-0.3, -0.25) is 0 Å². The van der Waals surface area contributed by atoms with Crippen molar-refractivity contribution in [1.29, 1.82) is 0 Å². The molecule has 1 fully saturated rings. The summed E-state index contributed by atoms with van der Waals surface area (Å²) in [5, 5.41) is 5.26. The molecule has 1 unspecified atom stereocenters. The van der Waals surface area contributed by atoms with E-state index in [-0.39, 0.29) is 6.04 Å². The van der Waals surface area contributed by atoms with E-state index >= 15 is 0 Å². The van der Waals surface area contributed by atoms with Crippen LogP contribution >= 0.6 is 11.3 Å². The molecule has 1 saturated carbocycles. The first-order chi connectivity index (χ1) is 9.46. The summed E-state index contributed by atoms with van der Waals surface area (Å²) >= 11 is 1.52. The molecule has 1 atom stereocenters. The predicted molar refractivity (Wildman–Crippen MR) is 83.5 cm³/mol. The lowest BCUT2D eigenvalue weighted by atomic mass is 10.2. The molecule has 0 saturated heterocycles. The molecule has 1 aliphatic rings. The maximum Gasteiger partial charge on any atom is 0.244 e. The summed E-state index contributed by atoms with van der Waals surface area (Å²) in [5.74, 6) is 0. The molecule has 0 spiro atoms. The number of hydrogen-bond acceptors (Lipinski definition) is 4. The minimum Gasteiger partial charge on any atom is -0.309 e. The molecule has 0 aliphatic heterocycles. The van der Waals surface area contributed by atoms with Crippen LogP contribution in [0.2, 0.25) is 0 Å². The minimum atomic E-state index is -3.37. The lowest BCUT2D eigenvalue weighted by Crippen LogP contribution is -2.35. The van der Waals surface area contributed by atoms with E-state index in [1.165, 1.54) is 28.5 Å². The zero-order valence-corrected chi connectivity index (χ0v) is 14.1. The first kappa shape index (κ1) is 15.9. The van der Waals surface area contributed by atoms with Crippen LogP contribution in [-0.4, -0.2) is 31.9 Å². The predicted octanol–water partition coefficient (Wildman–Crippen LogP) is 2.81. The highest BCUT2D eigenvalue weighted by atomic mass is 32.2. The normalized spacial score (nSPS) is 17.6. The minimum absolute atomic E-state index is 0.0362. The summed E-state index contributed by atoms with van der Waals surface area (Å²) < 4.78 is 26.9. The van der Waals surface area contributed by atoms with Crippen molar-refractivity contribution in [3.8, 4) is 0 Å². The average Bonchev–Trinajstić information content (AvgIpc) is 3.11. The maximum absolute atomic E-state index is 12.7. The van der Waals surface area contributed by atoms with Crippen LogP contribution in [-0.2, 0) is 16.6 Å². The molecule has 4 nitrogen and oxygen atoms in total. The van der Waals surface area contributed by atoms with E-state index in [2.05, 4.69) is 12.2 Å². The number of nitrogens with zero attached hydrogens (tertiary/aromatic N) is 1. The zero-order chi connectivity index (χ0) is 14.8. The lowest BCUT2D eigenvalue weighted by Gasteiger charge is -2.24. The number of sulfonamides is 1. The van der Waals surface area contributed by atoms with Gasteiger partial charge in [-0.1, -0.05) is 13.3 Å². The first-order valence-electron chi connectivity index (χ1n) is 7.24. The van der Waals surface area contributed by atoms with E-state index in [4.69, 9.17) is 0 Å². The average molecular weight is 316 g/mol. The number of rotatable bonds is 8. The summed E-state index contributed by atoms with van der Waals surface area (Å²) in [6, 6.07) is 2.36. The van der Waals surface area contributed by atoms with Gasteiger partial charge in [-0.05, 0) is 37.6 Å². The molecule has 1 aromatic heterocycles. The van der Waals surface area contributed by atoms with Gasteiger partial charge in [-0.2, -0.15) is 4.31 Å². The summed E-state index contributed by atoms with van der Waals surface area (Å²) in [5.41, 5.74) is 0. The Morgan fingerprint density at radius 3 is 2.80 bits per heavy atom. The van der Waals surface area contributed by atoms with Gasteiger partial charge in [0.15, 0.2) is 0 Å². The molecule has 1 aliphatic carbocycles. The van der Waals surface area contributed by atoms with Crippen molar-refractivity contribution in [1.82, 2.24) is 9.62 Å². The van der Waals surface area contributed by atoms with Crippen LogP contribution in [0.25, 0.3) is 0 Å². The van der Waals surface area contributed by atoms with Crippen LogP contribution in [0, 0.1) is 0 Å². The molecule has 0 radical (unpaired) electrons. The standard InChI is InChI=1S/C14H24N2O2S2/c1-4-5-11(2)16(3)20(17,18)14-8-9-19-13(14)10-15-12-6-7-12/h8-9,11-12,15H,4-7,10H2,1-3H3. The van der Waals surface area contributed by atoms with Crippen molar-refractivity contribution >= 4 is 21.4 Å². The van der Waals surface area contributed by atoms with Crippen LogP contribution in [0.5, 0.6) is 0 Å². The zero-order valence-electron chi connectivity index (χ0n) is 12.4. The van der Waals surface area contributed by atoms with E-state index in [1.54, 1.807) is 13.1 Å². The highest BCUT2D eigenvalue weighted by Crippen LogP contribution is 2.27. The van der Waals surface area contributed by atoms with E-state index in [1.807, 2.05) is 12.3 Å². The molecule has 2 rings (SSSR count). The van der Waals surface area contributed by atoms with Crippen molar-refractivity contribution in [3.63, 3.8) is 0 Å². The summed E-state index contributed by atoms with van der Waals surface area (Å²) in [7, 11) is -1.69. The fourth-order valence-corrected chi connectivity index (χ4v) is 4.96. The Morgan fingerprint density at radius 1 is 1.50 bits per heavy atom. The number of thiophene rings is 1. The molecule has 0 amide bonds. The van der Waals surface area contributed by atoms with Gasteiger partial charge < -0.3 is 5.32 Å². The van der Waals surface area contributed by atoms with Gasteiger partial charge in [0.05, 0.1) is 4.90 Å². The number of nitrogens with one attached hydrogen (secondary N) is 1. The molecule has 1 aromatic rings. The van der Waals surface area contributed by atoms with Crippen molar-refractivity contribution < 1.29 is 8.42 Å². The molecule has 0 aromatic carbocycles. The van der Waals surface area contributed by atoms with Gasteiger partial charge in [-0.25, -0.2) is 8.42 Å². The van der Waals surface area contributed by atoms with E-state index in [0.717, 1.165) is 17.7 Å². The molecule has 0 bridgehead atoms. The molecule has 1 heterocycles. The van der Waals surface area contributed by atoms with Crippen molar-refractivity contribution in [2.24, 2.45) is 0 Å². The third-order valence-corrected chi connectivity index (χ3v) is 6.92. The quantitative estimate of drug-likeness (QED) is 0.802. The SMILES string of the molecule is CCCC(C)N(C)S(=O)(=O)c1ccsc1CNC1CC1. The van der Waals surface area contributed by atoms with Gasteiger partial charge >= 0.3 is 0 Å². The topological polar surface area (TPSA) is 49.4 Å². The largest absolute Gasteiger partial charge is 0.309 e. The maximum atomic E-state index is 12.7. The molecule has 114 valence electrons. The fourth-order valence-electron chi connectivity index (χ4n) is 2.20. The molecule has 20 heavy (non-hydrogen) atoms. The Balaban J connectivity index is 2.13. The molecular weight excluding hydrogens is 292 g/mol. The summed E-state index contributed by atoms with van der Waals surface area (Å²) in [6.45, 7) is 4.70. The van der Waals surface area contributed by atoms with Gasteiger partial charge in [0.1, 0.15) is 0 Å². The Hall–Kier alpha value is -0.430. The Kier molecular flexibility index (Phi) is 5.23. The first-order valence-corrected chi connectivity index (χ1v) is 9.56. The van der Waals surface area contributed by atoms with E-state index in [9.17, 15) is 8.42 Å². The highest BCUT2D eigenvalue weighted by molar-refractivity contribution is 7.89. The van der Waals surface area contributed by atoms with Crippen LogP contribution in [0.4, 0.5) is 0 Å². The molecule has 6 heteroatoms. The highest BCUT2D eigenvalue weighted by Gasteiger charge is 2.29. The van der Waals surface area contributed by atoms with Gasteiger partial charge in [-0.15, -0.1) is 11.3 Å². The van der Waals surface area contributed by atoms with Crippen LogP contribution in [0.1, 0.15) is 44.4 Å². The molecule has 1 N–H and O–H groups in total. The van der Waals surface area contributed by atoms with Crippen molar-refractivity contribution in [2.75, 3.05) is 7.05 Å². The number of hydrogen-bond donors (Lipinski definition) is 1. The van der Waals surface area contributed by atoms with Crippen molar-refractivity contribution in [3.05, 3.63) is 16.3 Å². The summed E-state index contributed by atoms with van der Waals surface area (Å²) in [4.78, 5) is 1.40. The Bertz CT molecular complexity index is 535. The van der Waals surface area contributed by atoms with E-state index < -0.39 is 10.0 Å². The Morgan fingerprint density at radius 2 is 2.20 bits per heavy atom. The van der Waals surface area contributed by atoms with Crippen LogP contribution in [0.15, 0.2) is 16.3 Å². The van der Waals surface area contributed by atoms with Crippen LogP contribution < -0.4 is 5.32 Å². The van der Waals surface area contributed by atoms with Gasteiger partial charge in [0, 0.05) is 30.6 Å². The van der Waals surface area contributed by atoms with Gasteiger partial charge in [0.2, 0.25) is 10.0 Å². The second-order valence-corrected chi connectivity index (χ2v) is 8.49. The smallest absolute Gasteiger partial charge is 0.244 e. The second kappa shape index (κ2) is 6.56. The lowest BCUT2D eigenvalue weighted by molar-refractivity contribution is 0.368. The van der Waals surface area contributed by atoms with E-state index in [0.29, 0.717) is 17.5 Å². The second-order valence-electron chi connectivity index (χ2n) is 5.52. The van der Waals surface area contributed by atoms with Crippen LogP contribution in [0.3, 0.4) is 0 Å². The monoisotopic (exact) mass is 316 g/mol. The van der Waals surface area contributed by atoms with Gasteiger partial charge in [0.25, 0.3) is 0 Å². The van der Waals surface area contributed by atoms with Crippen molar-refractivity contribution in [2.45, 2.75) is 63.1 Å². The third-order valence-electron chi connectivity index (χ3n) is 3.82. The molecular formula is C14H24N2O2S2. The summed E-state index contributed by atoms with van der Waals surface area (Å²) in [6.07, 6.45) is 4.29.